The van der Waals surface area contributed by atoms with Crippen LogP contribution in [0.2, 0.25) is 0 Å². The van der Waals surface area contributed by atoms with Gasteiger partial charge in [-0.3, -0.25) is 0 Å². The minimum absolute atomic E-state index is 1.08. The average molecular weight is 262 g/mol. The number of aryl methyl sites for hydroxylation is 2. The fourth-order valence-electron chi connectivity index (χ4n) is 2.90. The normalized spacial score (nSPS) is 16.6. The van der Waals surface area contributed by atoms with Crippen molar-refractivity contribution in [1.29, 1.82) is 0 Å². The Bertz CT molecular complexity index is 437. The van der Waals surface area contributed by atoms with Gasteiger partial charge in [-0.05, 0) is 49.4 Å². The highest BCUT2D eigenvalue weighted by atomic mass is 16.5. The number of nitrogens with zero attached hydrogens (tertiary/aromatic N) is 1. The summed E-state index contributed by atoms with van der Waals surface area (Å²) in [5.41, 5.74) is 5.34. The molecule has 1 N–H and O–H groups in total. The number of piperazine rings is 1. The van der Waals surface area contributed by atoms with Crippen molar-refractivity contribution in [3.63, 3.8) is 0 Å². The minimum atomic E-state index is 1.08. The van der Waals surface area contributed by atoms with Gasteiger partial charge in [-0.15, -0.1) is 0 Å². The van der Waals surface area contributed by atoms with Gasteiger partial charge in [0.2, 0.25) is 0 Å². The Morgan fingerprint density at radius 2 is 1.84 bits per heavy atom. The Hall–Kier alpha value is -1.06. The first-order valence-electron chi connectivity index (χ1n) is 7.20. The molecule has 3 heteroatoms. The lowest BCUT2D eigenvalue weighted by Crippen LogP contribution is -2.44. The van der Waals surface area contributed by atoms with Gasteiger partial charge < -0.3 is 15.0 Å². The van der Waals surface area contributed by atoms with Gasteiger partial charge in [0, 0.05) is 32.7 Å². The summed E-state index contributed by atoms with van der Waals surface area (Å²) < 4.78 is 5.65. The van der Waals surface area contributed by atoms with Crippen molar-refractivity contribution in [3.8, 4) is 5.75 Å². The van der Waals surface area contributed by atoms with Crippen LogP contribution < -0.4 is 10.1 Å². The van der Waals surface area contributed by atoms with E-state index in [-0.39, 0.29) is 0 Å². The molecule has 1 heterocycles. The second-order valence-corrected chi connectivity index (χ2v) is 5.49. The zero-order valence-corrected chi connectivity index (χ0v) is 12.7. The van der Waals surface area contributed by atoms with Crippen molar-refractivity contribution in [1.82, 2.24) is 10.2 Å². The van der Waals surface area contributed by atoms with Crippen molar-refractivity contribution in [2.45, 2.75) is 27.2 Å². The summed E-state index contributed by atoms with van der Waals surface area (Å²) >= 11 is 0. The van der Waals surface area contributed by atoms with E-state index in [2.05, 4.69) is 37.1 Å². The Morgan fingerprint density at radius 1 is 1.16 bits per heavy atom. The molecule has 1 aromatic rings. The van der Waals surface area contributed by atoms with Gasteiger partial charge in [0.05, 0.1) is 7.11 Å². The van der Waals surface area contributed by atoms with E-state index in [1.807, 2.05) is 0 Å². The summed E-state index contributed by atoms with van der Waals surface area (Å²) in [6.07, 6.45) is 1.08. The molecule has 3 nitrogen and oxygen atoms in total. The predicted molar refractivity (Wildman–Crippen MR) is 80.2 cm³/mol. The van der Waals surface area contributed by atoms with E-state index in [4.69, 9.17) is 4.74 Å². The molecular formula is C16H26N2O. The van der Waals surface area contributed by atoms with Crippen LogP contribution in [0.25, 0.3) is 0 Å². The molecule has 0 saturated carbocycles. The predicted octanol–water partition coefficient (Wildman–Crippen LogP) is 2.07. The Morgan fingerprint density at radius 3 is 2.47 bits per heavy atom. The third kappa shape index (κ3) is 3.28. The molecule has 0 amide bonds. The third-order valence-electron chi connectivity index (χ3n) is 4.21. The largest absolute Gasteiger partial charge is 0.496 e. The summed E-state index contributed by atoms with van der Waals surface area (Å²) in [5, 5.41) is 3.40. The molecule has 0 atom stereocenters. The van der Waals surface area contributed by atoms with Crippen molar-refractivity contribution in [2.24, 2.45) is 0 Å². The van der Waals surface area contributed by atoms with E-state index >= 15 is 0 Å². The lowest BCUT2D eigenvalue weighted by molar-refractivity contribution is 0.243. The van der Waals surface area contributed by atoms with Crippen molar-refractivity contribution in [3.05, 3.63) is 28.3 Å². The molecule has 1 aromatic carbocycles. The number of nitrogens with one attached hydrogen (secondary N) is 1. The van der Waals surface area contributed by atoms with Crippen LogP contribution >= 0.6 is 0 Å². The van der Waals surface area contributed by atoms with Crippen LogP contribution in [0, 0.1) is 20.8 Å². The molecule has 1 saturated heterocycles. The van der Waals surface area contributed by atoms with Crippen molar-refractivity contribution < 1.29 is 4.74 Å². The quantitative estimate of drug-likeness (QED) is 0.899. The number of rotatable bonds is 4. The first-order chi connectivity index (χ1) is 9.13. The molecule has 1 aliphatic heterocycles. The topological polar surface area (TPSA) is 24.5 Å². The van der Waals surface area contributed by atoms with Gasteiger partial charge in [0.15, 0.2) is 0 Å². The van der Waals surface area contributed by atoms with Crippen LogP contribution in [0.3, 0.4) is 0 Å². The second-order valence-electron chi connectivity index (χ2n) is 5.49. The van der Waals surface area contributed by atoms with Crippen LogP contribution in [-0.2, 0) is 6.42 Å². The Balaban J connectivity index is 2.12. The van der Waals surface area contributed by atoms with Gasteiger partial charge in [-0.1, -0.05) is 6.07 Å². The highest BCUT2D eigenvalue weighted by molar-refractivity contribution is 5.49. The number of hydrogen-bond donors (Lipinski definition) is 1. The molecule has 0 spiro atoms. The van der Waals surface area contributed by atoms with Crippen molar-refractivity contribution >= 4 is 0 Å². The van der Waals surface area contributed by atoms with Crippen molar-refractivity contribution in [2.75, 3.05) is 39.8 Å². The Labute approximate surface area is 116 Å². The Kier molecular flexibility index (Phi) is 4.83. The van der Waals surface area contributed by atoms with Gasteiger partial charge in [-0.25, -0.2) is 0 Å². The molecule has 0 aromatic heterocycles. The van der Waals surface area contributed by atoms with E-state index in [0.717, 1.165) is 44.9 Å². The number of ether oxygens (including phenoxy) is 1. The molecular weight excluding hydrogens is 236 g/mol. The molecule has 0 unspecified atom stereocenters. The number of hydrogen-bond acceptors (Lipinski definition) is 3. The van der Waals surface area contributed by atoms with E-state index in [1.165, 1.54) is 22.3 Å². The van der Waals surface area contributed by atoms with E-state index in [9.17, 15) is 0 Å². The van der Waals surface area contributed by atoms with Gasteiger partial charge in [-0.2, -0.15) is 0 Å². The summed E-state index contributed by atoms with van der Waals surface area (Å²) in [5.74, 6) is 1.09. The first-order valence-corrected chi connectivity index (χ1v) is 7.20. The zero-order valence-electron chi connectivity index (χ0n) is 12.7. The summed E-state index contributed by atoms with van der Waals surface area (Å²) in [6.45, 7) is 12.2. The maximum Gasteiger partial charge on any atom is 0.125 e. The minimum Gasteiger partial charge on any atom is -0.496 e. The molecule has 2 rings (SSSR count). The molecule has 1 fully saturated rings. The lowest BCUT2D eigenvalue weighted by Gasteiger charge is -2.28. The van der Waals surface area contributed by atoms with E-state index in [1.54, 1.807) is 7.11 Å². The SMILES string of the molecule is COc1c(C)c(C)cc(C)c1CCN1CCNCC1. The fourth-order valence-corrected chi connectivity index (χ4v) is 2.90. The number of benzene rings is 1. The van der Waals surface area contributed by atoms with E-state index < -0.39 is 0 Å². The van der Waals surface area contributed by atoms with Gasteiger partial charge >= 0.3 is 0 Å². The third-order valence-corrected chi connectivity index (χ3v) is 4.21. The molecule has 0 aliphatic carbocycles. The first kappa shape index (κ1) is 14.4. The van der Waals surface area contributed by atoms with Gasteiger partial charge in [0.25, 0.3) is 0 Å². The smallest absolute Gasteiger partial charge is 0.125 e. The fraction of sp³-hybridized carbons (Fsp3) is 0.625. The van der Waals surface area contributed by atoms with Crippen LogP contribution in [0.1, 0.15) is 22.3 Å². The molecule has 19 heavy (non-hydrogen) atoms. The molecule has 106 valence electrons. The van der Waals surface area contributed by atoms with Gasteiger partial charge in [0.1, 0.15) is 5.75 Å². The van der Waals surface area contributed by atoms with Crippen LogP contribution in [0.15, 0.2) is 6.07 Å². The molecule has 0 radical (unpaired) electrons. The standard InChI is InChI=1S/C16H26N2O/c1-12-11-13(2)15(16(19-4)14(12)3)5-8-18-9-6-17-7-10-18/h11,17H,5-10H2,1-4H3. The molecule has 1 aliphatic rings. The second kappa shape index (κ2) is 6.40. The van der Waals surface area contributed by atoms with Crippen LogP contribution in [0.4, 0.5) is 0 Å². The van der Waals surface area contributed by atoms with Crippen LogP contribution in [0.5, 0.6) is 5.75 Å². The summed E-state index contributed by atoms with van der Waals surface area (Å²) in [7, 11) is 1.79. The average Bonchev–Trinajstić information content (AvgIpc) is 2.42. The maximum atomic E-state index is 5.65. The zero-order chi connectivity index (χ0) is 13.8. The maximum absolute atomic E-state index is 5.65. The number of methoxy groups -OCH3 is 1. The monoisotopic (exact) mass is 262 g/mol. The summed E-state index contributed by atoms with van der Waals surface area (Å²) in [6, 6.07) is 2.28. The summed E-state index contributed by atoms with van der Waals surface area (Å²) in [4.78, 5) is 2.53. The van der Waals surface area contributed by atoms with E-state index in [0.29, 0.717) is 0 Å². The highest BCUT2D eigenvalue weighted by Crippen LogP contribution is 2.29. The molecule has 0 bridgehead atoms. The lowest BCUT2D eigenvalue weighted by atomic mass is 9.96. The van der Waals surface area contributed by atoms with Crippen LogP contribution in [-0.4, -0.2) is 44.7 Å². The highest BCUT2D eigenvalue weighted by Gasteiger charge is 2.15.